The second-order valence-electron chi connectivity index (χ2n) is 5.22. The fourth-order valence-electron chi connectivity index (χ4n) is 2.39. The Bertz CT molecular complexity index is 995. The largest absolute Gasteiger partial charge is 0.295 e. The molecule has 0 atom stereocenters. The van der Waals surface area contributed by atoms with Gasteiger partial charge in [-0.3, -0.25) is 14.7 Å². The Morgan fingerprint density at radius 2 is 1.68 bits per heavy atom. The summed E-state index contributed by atoms with van der Waals surface area (Å²) in [5, 5.41) is 12.2. The Morgan fingerprint density at radius 3 is 2.44 bits per heavy atom. The first-order chi connectivity index (χ1) is 12.3. The standard InChI is InChI=1S/C18H13N5OS/c24-16(15-11-19-12-23(15)14-9-5-2-6-10-14)20-18-22-21-17(25-18)13-7-3-1-4-8-13/h1-12H,(H,20,22,24). The van der Waals surface area contributed by atoms with Crippen molar-refractivity contribution in [1.29, 1.82) is 0 Å². The number of nitrogens with one attached hydrogen (secondary N) is 1. The van der Waals surface area contributed by atoms with Crippen LogP contribution in [0.3, 0.4) is 0 Å². The molecule has 2 aromatic heterocycles. The van der Waals surface area contributed by atoms with Gasteiger partial charge in [0.1, 0.15) is 10.7 Å². The fraction of sp³-hybridized carbons (Fsp3) is 0. The van der Waals surface area contributed by atoms with E-state index in [1.807, 2.05) is 60.7 Å². The maximum Gasteiger partial charge on any atom is 0.276 e. The van der Waals surface area contributed by atoms with Crippen LogP contribution in [0.15, 0.2) is 73.2 Å². The molecular weight excluding hydrogens is 334 g/mol. The van der Waals surface area contributed by atoms with Crippen LogP contribution in [0.4, 0.5) is 5.13 Å². The van der Waals surface area contributed by atoms with Gasteiger partial charge in [-0.15, -0.1) is 10.2 Å². The molecule has 2 aromatic carbocycles. The molecule has 7 heteroatoms. The molecule has 0 fully saturated rings. The van der Waals surface area contributed by atoms with Crippen LogP contribution < -0.4 is 5.32 Å². The average Bonchev–Trinajstić information content (AvgIpc) is 3.33. The van der Waals surface area contributed by atoms with Gasteiger partial charge in [0.15, 0.2) is 0 Å². The quantitative estimate of drug-likeness (QED) is 0.612. The van der Waals surface area contributed by atoms with Crippen molar-refractivity contribution in [2.45, 2.75) is 0 Å². The summed E-state index contributed by atoms with van der Waals surface area (Å²) < 4.78 is 1.73. The summed E-state index contributed by atoms with van der Waals surface area (Å²) >= 11 is 1.33. The Kier molecular flexibility index (Phi) is 4.05. The molecule has 1 N–H and O–H groups in total. The van der Waals surface area contributed by atoms with Gasteiger partial charge in [-0.25, -0.2) is 4.98 Å². The molecule has 0 spiro atoms. The van der Waals surface area contributed by atoms with Crippen LogP contribution in [-0.4, -0.2) is 25.7 Å². The molecule has 0 saturated carbocycles. The highest BCUT2D eigenvalue weighted by atomic mass is 32.1. The van der Waals surface area contributed by atoms with Crippen LogP contribution in [0.5, 0.6) is 0 Å². The zero-order chi connectivity index (χ0) is 17.1. The van der Waals surface area contributed by atoms with Gasteiger partial charge >= 0.3 is 0 Å². The second-order valence-corrected chi connectivity index (χ2v) is 6.19. The molecule has 2 heterocycles. The SMILES string of the molecule is O=C(Nc1nnc(-c2ccccc2)s1)c1cncn1-c1ccccc1. The summed E-state index contributed by atoms with van der Waals surface area (Å²) in [4.78, 5) is 16.7. The summed E-state index contributed by atoms with van der Waals surface area (Å²) in [5.41, 5.74) is 2.27. The molecule has 4 rings (SSSR count). The number of carbonyl (C=O) groups is 1. The van der Waals surface area contributed by atoms with Gasteiger partial charge < -0.3 is 0 Å². The molecule has 4 aromatic rings. The maximum atomic E-state index is 12.6. The molecule has 6 nitrogen and oxygen atoms in total. The van der Waals surface area contributed by atoms with Crippen molar-refractivity contribution < 1.29 is 4.79 Å². The number of imidazole rings is 1. The molecule has 0 bridgehead atoms. The summed E-state index contributed by atoms with van der Waals surface area (Å²) in [6, 6.07) is 19.3. The van der Waals surface area contributed by atoms with Crippen molar-refractivity contribution in [2.75, 3.05) is 5.32 Å². The third kappa shape index (κ3) is 3.17. The van der Waals surface area contributed by atoms with Crippen LogP contribution in [0.2, 0.25) is 0 Å². The average molecular weight is 347 g/mol. The molecule has 0 radical (unpaired) electrons. The van der Waals surface area contributed by atoms with Gasteiger partial charge in [0.25, 0.3) is 5.91 Å². The lowest BCUT2D eigenvalue weighted by Crippen LogP contribution is -2.15. The highest BCUT2D eigenvalue weighted by Crippen LogP contribution is 2.26. The van der Waals surface area contributed by atoms with Crippen LogP contribution in [0, 0.1) is 0 Å². The minimum absolute atomic E-state index is 0.280. The number of para-hydroxylation sites is 1. The molecule has 0 aliphatic rings. The molecule has 25 heavy (non-hydrogen) atoms. The Hall–Kier alpha value is -3.32. The topological polar surface area (TPSA) is 72.7 Å². The number of hydrogen-bond acceptors (Lipinski definition) is 5. The second kappa shape index (κ2) is 6.66. The van der Waals surface area contributed by atoms with Crippen LogP contribution in [0.25, 0.3) is 16.3 Å². The van der Waals surface area contributed by atoms with Gasteiger partial charge in [0.2, 0.25) is 5.13 Å². The fourth-order valence-corrected chi connectivity index (χ4v) is 3.13. The van der Waals surface area contributed by atoms with Crippen molar-refractivity contribution in [3.8, 4) is 16.3 Å². The number of aromatic nitrogens is 4. The minimum Gasteiger partial charge on any atom is -0.295 e. The lowest BCUT2D eigenvalue weighted by atomic mass is 10.2. The van der Waals surface area contributed by atoms with E-state index in [1.54, 1.807) is 10.9 Å². The monoisotopic (exact) mass is 347 g/mol. The summed E-state index contributed by atoms with van der Waals surface area (Å²) in [7, 11) is 0. The van der Waals surface area contributed by atoms with E-state index in [9.17, 15) is 4.79 Å². The summed E-state index contributed by atoms with van der Waals surface area (Å²) in [6.45, 7) is 0. The first kappa shape index (κ1) is 15.2. The highest BCUT2D eigenvalue weighted by molar-refractivity contribution is 7.18. The first-order valence-electron chi connectivity index (χ1n) is 7.59. The molecule has 122 valence electrons. The maximum absolute atomic E-state index is 12.6. The minimum atomic E-state index is -0.280. The Labute approximate surface area is 147 Å². The third-order valence-corrected chi connectivity index (χ3v) is 4.46. The number of anilines is 1. The summed E-state index contributed by atoms with van der Waals surface area (Å²) in [5.74, 6) is -0.280. The van der Waals surface area contributed by atoms with Gasteiger partial charge in [-0.1, -0.05) is 59.9 Å². The van der Waals surface area contributed by atoms with Crippen LogP contribution in [0.1, 0.15) is 10.5 Å². The van der Waals surface area contributed by atoms with Crippen LogP contribution >= 0.6 is 11.3 Å². The van der Waals surface area contributed by atoms with Crippen molar-refractivity contribution >= 4 is 22.4 Å². The molecular formula is C18H13N5OS. The third-order valence-electron chi connectivity index (χ3n) is 3.57. The highest BCUT2D eigenvalue weighted by Gasteiger charge is 2.15. The number of benzene rings is 2. The van der Waals surface area contributed by atoms with Gasteiger partial charge in [0.05, 0.1) is 12.5 Å². The molecule has 0 aliphatic heterocycles. The van der Waals surface area contributed by atoms with E-state index in [4.69, 9.17) is 0 Å². The zero-order valence-corrected chi connectivity index (χ0v) is 13.9. The lowest BCUT2D eigenvalue weighted by Gasteiger charge is -2.06. The number of carbonyl (C=O) groups excluding carboxylic acids is 1. The zero-order valence-electron chi connectivity index (χ0n) is 13.0. The lowest BCUT2D eigenvalue weighted by molar-refractivity contribution is 0.102. The van der Waals surface area contributed by atoms with Crippen molar-refractivity contribution in [3.63, 3.8) is 0 Å². The van der Waals surface area contributed by atoms with Gasteiger partial charge in [0, 0.05) is 11.3 Å². The normalized spacial score (nSPS) is 10.6. The van der Waals surface area contributed by atoms with Crippen molar-refractivity contribution in [2.24, 2.45) is 0 Å². The Morgan fingerprint density at radius 1 is 0.960 bits per heavy atom. The number of nitrogens with zero attached hydrogens (tertiary/aromatic N) is 4. The Balaban J connectivity index is 1.56. The van der Waals surface area contributed by atoms with Crippen molar-refractivity contribution in [1.82, 2.24) is 19.7 Å². The molecule has 0 saturated heterocycles. The molecule has 1 amide bonds. The number of hydrogen-bond donors (Lipinski definition) is 1. The number of rotatable bonds is 4. The van der Waals surface area contributed by atoms with E-state index in [0.29, 0.717) is 10.8 Å². The smallest absolute Gasteiger partial charge is 0.276 e. The van der Waals surface area contributed by atoms with Gasteiger partial charge in [-0.05, 0) is 12.1 Å². The van der Waals surface area contributed by atoms with E-state index in [0.717, 1.165) is 16.3 Å². The van der Waals surface area contributed by atoms with E-state index in [2.05, 4.69) is 20.5 Å². The van der Waals surface area contributed by atoms with Crippen molar-refractivity contribution in [3.05, 3.63) is 78.9 Å². The first-order valence-corrected chi connectivity index (χ1v) is 8.41. The predicted octanol–water partition coefficient (Wildman–Crippen LogP) is 3.64. The van der Waals surface area contributed by atoms with E-state index in [1.165, 1.54) is 17.5 Å². The molecule has 0 unspecified atom stereocenters. The van der Waals surface area contributed by atoms with Crippen LogP contribution in [-0.2, 0) is 0 Å². The van der Waals surface area contributed by atoms with E-state index < -0.39 is 0 Å². The van der Waals surface area contributed by atoms with E-state index in [-0.39, 0.29) is 5.91 Å². The summed E-state index contributed by atoms with van der Waals surface area (Å²) in [6.07, 6.45) is 3.14. The van der Waals surface area contributed by atoms with E-state index >= 15 is 0 Å². The predicted molar refractivity (Wildman–Crippen MR) is 96.9 cm³/mol. The van der Waals surface area contributed by atoms with Gasteiger partial charge in [-0.2, -0.15) is 0 Å². The molecule has 0 aliphatic carbocycles. The number of amides is 1.